The number of methoxy groups -OCH3 is 1. The zero-order chi connectivity index (χ0) is 21.3. The van der Waals surface area contributed by atoms with E-state index >= 15 is 0 Å². The number of oxazole rings is 1. The minimum atomic E-state index is -0.0118. The Morgan fingerprint density at radius 2 is 1.97 bits per heavy atom. The zero-order valence-electron chi connectivity index (χ0n) is 17.2. The largest absolute Gasteiger partial charge is 0.493 e. The molecule has 1 heterocycles. The van der Waals surface area contributed by atoms with E-state index in [9.17, 15) is 4.79 Å². The fourth-order valence-corrected chi connectivity index (χ4v) is 2.98. The smallest absolute Gasteiger partial charge is 0.226 e. The Labute approximate surface area is 176 Å². The number of rotatable bonds is 11. The number of Topliss-reactive ketones (excluding diaryl/α,β-unsaturated/α-hetero) is 1. The third kappa shape index (κ3) is 5.08. The fraction of sp³-hybridized carbons (Fsp3) is 0.250. The lowest BCUT2D eigenvalue weighted by Gasteiger charge is -2.09. The van der Waals surface area contributed by atoms with Crippen molar-refractivity contribution in [3.05, 3.63) is 72.6 Å². The number of carbonyl (C=O) groups is 1. The predicted octanol–water partition coefficient (Wildman–Crippen LogP) is 5.13. The average Bonchev–Trinajstić information content (AvgIpc) is 3.25. The summed E-state index contributed by atoms with van der Waals surface area (Å²) in [4.78, 5) is 17.2. The van der Waals surface area contributed by atoms with Crippen LogP contribution in [0.3, 0.4) is 0 Å². The number of para-hydroxylation sites is 1. The van der Waals surface area contributed by atoms with Gasteiger partial charge in [-0.1, -0.05) is 24.8 Å². The summed E-state index contributed by atoms with van der Waals surface area (Å²) >= 11 is 0. The first-order valence-electron chi connectivity index (χ1n) is 9.77. The van der Waals surface area contributed by atoms with Gasteiger partial charge in [-0.25, -0.2) is 4.98 Å². The first kappa shape index (κ1) is 21.2. The lowest BCUT2D eigenvalue weighted by atomic mass is 10.0. The predicted molar refractivity (Wildman–Crippen MR) is 114 cm³/mol. The van der Waals surface area contributed by atoms with Gasteiger partial charge in [0.05, 0.1) is 25.0 Å². The first-order chi connectivity index (χ1) is 14.7. The third-order valence-electron chi connectivity index (χ3n) is 4.41. The van der Waals surface area contributed by atoms with Gasteiger partial charge < -0.3 is 18.6 Å². The Hall–Kier alpha value is -3.54. The van der Waals surface area contributed by atoms with Crippen molar-refractivity contribution in [1.82, 2.24) is 4.98 Å². The molecule has 0 radical (unpaired) electrons. The highest BCUT2D eigenvalue weighted by molar-refractivity contribution is 5.98. The molecule has 0 aliphatic rings. The molecule has 0 bridgehead atoms. The quantitative estimate of drug-likeness (QED) is 0.324. The van der Waals surface area contributed by atoms with Gasteiger partial charge in [-0.3, -0.25) is 4.79 Å². The standard InChI is InChI=1S/C24H25NO5/c1-4-14-29-21-9-7-6-8-19(21)20(26)12-11-18-16-30-24(25-18)17-10-13-22(27-3)23(15-17)28-5-2/h4,6-10,13,15-16H,1,5,11-12,14H2,2-3H3. The van der Waals surface area contributed by atoms with Crippen LogP contribution < -0.4 is 14.2 Å². The molecule has 6 nitrogen and oxygen atoms in total. The molecule has 0 saturated heterocycles. The molecule has 0 N–H and O–H groups in total. The molecular formula is C24H25NO5. The van der Waals surface area contributed by atoms with E-state index in [0.29, 0.717) is 60.5 Å². The molecule has 0 spiro atoms. The maximum absolute atomic E-state index is 12.7. The van der Waals surface area contributed by atoms with E-state index in [1.807, 2.05) is 37.3 Å². The molecule has 0 amide bonds. The maximum atomic E-state index is 12.7. The van der Waals surface area contributed by atoms with Crippen LogP contribution in [0.2, 0.25) is 0 Å². The number of ether oxygens (including phenoxy) is 3. The van der Waals surface area contributed by atoms with Crippen LogP contribution in [0.25, 0.3) is 11.5 Å². The second kappa shape index (κ2) is 10.3. The molecule has 0 saturated carbocycles. The van der Waals surface area contributed by atoms with E-state index in [-0.39, 0.29) is 5.78 Å². The zero-order valence-corrected chi connectivity index (χ0v) is 17.2. The Bertz CT molecular complexity index is 1010. The number of nitrogens with zero attached hydrogens (tertiary/aromatic N) is 1. The number of ketones is 1. The van der Waals surface area contributed by atoms with Gasteiger partial charge in [-0.2, -0.15) is 0 Å². The first-order valence-corrected chi connectivity index (χ1v) is 9.77. The minimum absolute atomic E-state index is 0.0118. The number of hydrogen-bond donors (Lipinski definition) is 0. The van der Waals surface area contributed by atoms with Crippen LogP contribution in [-0.4, -0.2) is 31.1 Å². The molecule has 0 unspecified atom stereocenters. The van der Waals surface area contributed by atoms with Crippen LogP contribution in [0.5, 0.6) is 17.2 Å². The molecular weight excluding hydrogens is 382 g/mol. The average molecular weight is 407 g/mol. The minimum Gasteiger partial charge on any atom is -0.493 e. The van der Waals surface area contributed by atoms with Gasteiger partial charge in [0.15, 0.2) is 17.3 Å². The highest BCUT2D eigenvalue weighted by Crippen LogP contribution is 2.32. The van der Waals surface area contributed by atoms with Gasteiger partial charge in [0, 0.05) is 18.4 Å². The molecule has 3 rings (SSSR count). The van der Waals surface area contributed by atoms with Crippen molar-refractivity contribution in [1.29, 1.82) is 0 Å². The van der Waals surface area contributed by atoms with Gasteiger partial charge in [-0.05, 0) is 37.3 Å². The molecule has 30 heavy (non-hydrogen) atoms. The van der Waals surface area contributed by atoms with E-state index in [4.69, 9.17) is 18.6 Å². The second-order valence-electron chi connectivity index (χ2n) is 6.46. The van der Waals surface area contributed by atoms with E-state index in [1.54, 1.807) is 31.6 Å². The van der Waals surface area contributed by atoms with Crippen molar-refractivity contribution in [2.24, 2.45) is 0 Å². The lowest BCUT2D eigenvalue weighted by molar-refractivity contribution is 0.0979. The highest BCUT2D eigenvalue weighted by Gasteiger charge is 2.15. The van der Waals surface area contributed by atoms with Gasteiger partial charge >= 0.3 is 0 Å². The summed E-state index contributed by atoms with van der Waals surface area (Å²) in [5, 5.41) is 0. The second-order valence-corrected chi connectivity index (χ2v) is 6.46. The number of aromatic nitrogens is 1. The SMILES string of the molecule is C=CCOc1ccccc1C(=O)CCc1coc(-c2ccc(OC)c(OCC)c2)n1. The highest BCUT2D eigenvalue weighted by atomic mass is 16.5. The maximum Gasteiger partial charge on any atom is 0.226 e. The molecule has 6 heteroatoms. The molecule has 2 aromatic carbocycles. The summed E-state index contributed by atoms with van der Waals surface area (Å²) in [5.74, 6) is 2.29. The van der Waals surface area contributed by atoms with E-state index < -0.39 is 0 Å². The summed E-state index contributed by atoms with van der Waals surface area (Å²) in [7, 11) is 1.60. The van der Waals surface area contributed by atoms with Crippen LogP contribution in [0.15, 0.2) is 65.8 Å². The number of hydrogen-bond acceptors (Lipinski definition) is 6. The number of carbonyl (C=O) groups excluding carboxylic acids is 1. The molecule has 0 atom stereocenters. The van der Waals surface area contributed by atoms with E-state index in [2.05, 4.69) is 11.6 Å². The van der Waals surface area contributed by atoms with Gasteiger partial charge in [0.2, 0.25) is 5.89 Å². The number of benzene rings is 2. The molecule has 1 aromatic heterocycles. The van der Waals surface area contributed by atoms with E-state index in [0.717, 1.165) is 5.56 Å². The van der Waals surface area contributed by atoms with Crippen LogP contribution in [0.1, 0.15) is 29.4 Å². The summed E-state index contributed by atoms with van der Waals surface area (Å²) in [6.45, 7) is 6.42. The Kier molecular flexibility index (Phi) is 7.27. The Morgan fingerprint density at radius 1 is 1.13 bits per heavy atom. The Morgan fingerprint density at radius 3 is 2.73 bits per heavy atom. The summed E-state index contributed by atoms with van der Waals surface area (Å²) in [5.41, 5.74) is 2.04. The molecule has 3 aromatic rings. The molecule has 156 valence electrons. The molecule has 0 fully saturated rings. The molecule has 0 aliphatic carbocycles. The van der Waals surface area contributed by atoms with E-state index in [1.165, 1.54) is 0 Å². The Balaban J connectivity index is 1.69. The molecule has 0 aliphatic heterocycles. The summed E-state index contributed by atoms with van der Waals surface area (Å²) in [6, 6.07) is 12.7. The van der Waals surface area contributed by atoms with Crippen LogP contribution >= 0.6 is 0 Å². The van der Waals surface area contributed by atoms with Crippen molar-refractivity contribution in [2.45, 2.75) is 19.8 Å². The van der Waals surface area contributed by atoms with Crippen LogP contribution in [0.4, 0.5) is 0 Å². The van der Waals surface area contributed by atoms with Gasteiger partial charge in [0.1, 0.15) is 18.6 Å². The van der Waals surface area contributed by atoms with Gasteiger partial charge in [-0.15, -0.1) is 0 Å². The van der Waals surface area contributed by atoms with Crippen LogP contribution in [-0.2, 0) is 6.42 Å². The lowest BCUT2D eigenvalue weighted by Crippen LogP contribution is -2.05. The topological polar surface area (TPSA) is 70.8 Å². The van der Waals surface area contributed by atoms with Crippen molar-refractivity contribution in [3.8, 4) is 28.7 Å². The van der Waals surface area contributed by atoms with Crippen molar-refractivity contribution in [3.63, 3.8) is 0 Å². The third-order valence-corrected chi connectivity index (χ3v) is 4.41. The van der Waals surface area contributed by atoms with Crippen molar-refractivity contribution in [2.75, 3.05) is 20.3 Å². The van der Waals surface area contributed by atoms with Crippen molar-refractivity contribution >= 4 is 5.78 Å². The monoisotopic (exact) mass is 407 g/mol. The van der Waals surface area contributed by atoms with Crippen molar-refractivity contribution < 1.29 is 23.4 Å². The van der Waals surface area contributed by atoms with Crippen LogP contribution in [0, 0.1) is 0 Å². The fourth-order valence-electron chi connectivity index (χ4n) is 2.98. The van der Waals surface area contributed by atoms with Gasteiger partial charge in [0.25, 0.3) is 0 Å². The summed E-state index contributed by atoms with van der Waals surface area (Å²) in [6.07, 6.45) is 3.99. The normalized spacial score (nSPS) is 10.5. The number of aryl methyl sites for hydroxylation is 1. The summed E-state index contributed by atoms with van der Waals surface area (Å²) < 4.78 is 22.1.